The third-order valence-corrected chi connectivity index (χ3v) is 12.9. The average Bonchev–Trinajstić information content (AvgIpc) is 3.53. The molecule has 8 atom stereocenters. The van der Waals surface area contributed by atoms with Gasteiger partial charge in [0.05, 0.1) is 20.3 Å². The van der Waals surface area contributed by atoms with Crippen LogP contribution in [0.5, 0.6) is 0 Å². The van der Waals surface area contributed by atoms with Crippen LogP contribution in [-0.4, -0.2) is 27.3 Å². The van der Waals surface area contributed by atoms with E-state index in [-0.39, 0.29) is 21.6 Å². The summed E-state index contributed by atoms with van der Waals surface area (Å²) in [5.41, 5.74) is 0. The van der Waals surface area contributed by atoms with Gasteiger partial charge in [-0.15, -0.1) is 0 Å². The van der Waals surface area contributed by atoms with Crippen LogP contribution >= 0.6 is 0 Å². The Balaban J connectivity index is 1.52. The molecule has 156 valence electrons. The number of hydrogen-bond acceptors (Lipinski definition) is 4. The molecule has 0 unspecified atom stereocenters. The number of rotatable bonds is 4. The molecule has 0 spiro atoms. The van der Waals surface area contributed by atoms with Crippen LogP contribution in [0.2, 0.25) is 0 Å². The highest BCUT2D eigenvalue weighted by molar-refractivity contribution is 7.96. The minimum atomic E-state index is -3.77. The first kappa shape index (κ1) is 18.8. The molecule has 0 aliphatic heterocycles. The van der Waals surface area contributed by atoms with E-state index < -0.39 is 30.2 Å². The summed E-state index contributed by atoms with van der Waals surface area (Å²) in [5, 5.41) is -1.74. The van der Waals surface area contributed by atoms with Crippen molar-refractivity contribution in [2.75, 3.05) is 0 Å². The Morgan fingerprint density at radius 2 is 0.967 bits per heavy atom. The normalized spacial score (nSPS) is 38.8. The van der Waals surface area contributed by atoms with Gasteiger partial charge < -0.3 is 0 Å². The number of benzene rings is 2. The van der Waals surface area contributed by atoms with Crippen LogP contribution in [0.4, 0.5) is 0 Å². The summed E-state index contributed by atoms with van der Waals surface area (Å²) in [6, 6.07) is 16.8. The summed E-state index contributed by atoms with van der Waals surface area (Å²) in [6.07, 6.45) is 6.26. The van der Waals surface area contributed by atoms with Gasteiger partial charge in [-0.1, -0.05) is 48.6 Å². The lowest BCUT2D eigenvalue weighted by molar-refractivity contribution is 0.209. The maximum Gasteiger partial charge on any atom is 0.182 e. The van der Waals surface area contributed by atoms with Crippen molar-refractivity contribution in [2.24, 2.45) is 35.5 Å². The molecule has 2 aromatic carbocycles. The van der Waals surface area contributed by atoms with Crippen LogP contribution in [0.15, 0.2) is 82.6 Å². The summed E-state index contributed by atoms with van der Waals surface area (Å²) in [4.78, 5) is 0.483. The van der Waals surface area contributed by atoms with E-state index in [9.17, 15) is 16.8 Å². The summed E-state index contributed by atoms with van der Waals surface area (Å²) in [6.45, 7) is 0. The fourth-order valence-electron chi connectivity index (χ4n) is 7.27. The van der Waals surface area contributed by atoms with E-state index in [1.54, 1.807) is 60.7 Å². The van der Waals surface area contributed by atoms with E-state index in [0.717, 1.165) is 6.42 Å². The van der Waals surface area contributed by atoms with Gasteiger partial charge in [-0.2, -0.15) is 0 Å². The van der Waals surface area contributed by atoms with Crippen molar-refractivity contribution in [3.05, 3.63) is 72.8 Å². The largest absolute Gasteiger partial charge is 0.223 e. The maximum absolute atomic E-state index is 13.8. The molecule has 4 bridgehead atoms. The zero-order valence-electron chi connectivity index (χ0n) is 16.4. The van der Waals surface area contributed by atoms with E-state index in [1.165, 1.54) is 0 Å². The van der Waals surface area contributed by atoms with Crippen LogP contribution < -0.4 is 0 Å². The summed E-state index contributed by atoms with van der Waals surface area (Å²) < 4.78 is 55.3. The van der Waals surface area contributed by atoms with Gasteiger partial charge in [0.15, 0.2) is 19.7 Å². The lowest BCUT2D eigenvalue weighted by Gasteiger charge is -2.41. The highest BCUT2D eigenvalue weighted by atomic mass is 32.2. The predicted molar refractivity (Wildman–Crippen MR) is 114 cm³/mol. The Kier molecular flexibility index (Phi) is 3.95. The first-order chi connectivity index (χ1) is 14.4. The van der Waals surface area contributed by atoms with Crippen molar-refractivity contribution in [2.45, 2.75) is 33.1 Å². The average molecular weight is 441 g/mol. The molecular weight excluding hydrogens is 416 g/mol. The molecular formula is C24H24O4S2. The molecule has 0 heterocycles. The molecule has 4 nitrogen and oxygen atoms in total. The fourth-order valence-corrected chi connectivity index (χ4v) is 12.5. The van der Waals surface area contributed by atoms with Gasteiger partial charge in [0.1, 0.15) is 0 Å². The Bertz CT molecular complexity index is 1120. The van der Waals surface area contributed by atoms with Gasteiger partial charge in [-0.3, -0.25) is 0 Å². The van der Waals surface area contributed by atoms with Crippen LogP contribution in [-0.2, 0) is 19.7 Å². The second-order valence-electron chi connectivity index (χ2n) is 9.31. The van der Waals surface area contributed by atoms with Crippen LogP contribution in [0.3, 0.4) is 0 Å². The monoisotopic (exact) mass is 440 g/mol. The van der Waals surface area contributed by atoms with Gasteiger partial charge in [0.2, 0.25) is 0 Å². The highest BCUT2D eigenvalue weighted by Gasteiger charge is 2.70. The molecule has 3 fully saturated rings. The van der Waals surface area contributed by atoms with Gasteiger partial charge >= 0.3 is 0 Å². The van der Waals surface area contributed by atoms with Gasteiger partial charge in [0.25, 0.3) is 0 Å². The highest BCUT2D eigenvalue weighted by Crippen LogP contribution is 2.68. The Labute approximate surface area is 177 Å². The first-order valence-electron chi connectivity index (χ1n) is 10.7. The minimum Gasteiger partial charge on any atom is -0.223 e. The number of hydrogen-bond donors (Lipinski definition) is 0. The minimum absolute atomic E-state index is 0.0892. The Morgan fingerprint density at radius 3 is 1.37 bits per heavy atom. The molecule has 30 heavy (non-hydrogen) atoms. The lowest BCUT2D eigenvalue weighted by atomic mass is 9.73. The van der Waals surface area contributed by atoms with E-state index >= 15 is 0 Å². The van der Waals surface area contributed by atoms with Gasteiger partial charge in [-0.25, -0.2) is 16.8 Å². The molecule has 3 saturated carbocycles. The molecule has 0 aromatic heterocycles. The molecule has 0 N–H and O–H groups in total. The molecule has 2 aromatic rings. The van der Waals surface area contributed by atoms with E-state index in [1.807, 2.05) is 0 Å². The van der Waals surface area contributed by atoms with Crippen LogP contribution in [0.25, 0.3) is 0 Å². The second-order valence-corrected chi connectivity index (χ2v) is 13.5. The lowest BCUT2D eigenvalue weighted by Crippen LogP contribution is -2.50. The Morgan fingerprint density at radius 1 is 0.567 bits per heavy atom. The number of sulfone groups is 2. The van der Waals surface area contributed by atoms with Crippen LogP contribution in [0, 0.1) is 35.5 Å². The molecule has 0 radical (unpaired) electrons. The third-order valence-electron chi connectivity index (χ3n) is 8.14. The van der Waals surface area contributed by atoms with Crippen molar-refractivity contribution in [3.8, 4) is 0 Å². The zero-order valence-corrected chi connectivity index (χ0v) is 18.0. The van der Waals surface area contributed by atoms with E-state index in [4.69, 9.17) is 0 Å². The standard InChI is InChI=1S/C24H24O4S2/c25-29(26,17-7-3-1-4-8-17)23-19-14-20(22-16-12-11-15(13-16)21(19)22)24(23)30(27,28)18-9-5-2-6-10-18/h1-12,15-16,19-24H,13-14H2/t15-,16-,19-,20-,21-,22-,23+,24+/m0/s1. The van der Waals surface area contributed by atoms with E-state index in [0.29, 0.717) is 30.1 Å². The van der Waals surface area contributed by atoms with Gasteiger partial charge in [0, 0.05) is 0 Å². The van der Waals surface area contributed by atoms with E-state index in [2.05, 4.69) is 12.2 Å². The van der Waals surface area contributed by atoms with Crippen molar-refractivity contribution < 1.29 is 16.8 Å². The smallest absolute Gasteiger partial charge is 0.182 e. The molecule has 4 aliphatic rings. The maximum atomic E-state index is 13.8. The Hall–Kier alpha value is -1.92. The summed E-state index contributed by atoms with van der Waals surface area (Å²) in [5.74, 6) is 1.24. The first-order valence-corrected chi connectivity index (χ1v) is 13.8. The molecule has 6 heteroatoms. The zero-order chi connectivity index (χ0) is 20.7. The second kappa shape index (κ2) is 6.30. The summed E-state index contributed by atoms with van der Waals surface area (Å²) >= 11 is 0. The quantitative estimate of drug-likeness (QED) is 0.536. The topological polar surface area (TPSA) is 68.3 Å². The van der Waals surface area contributed by atoms with Crippen molar-refractivity contribution >= 4 is 19.7 Å². The molecule has 0 amide bonds. The van der Waals surface area contributed by atoms with Crippen molar-refractivity contribution in [1.82, 2.24) is 0 Å². The fraction of sp³-hybridized carbons (Fsp3) is 0.417. The molecule has 6 rings (SSSR count). The van der Waals surface area contributed by atoms with Crippen molar-refractivity contribution in [3.63, 3.8) is 0 Å². The molecule has 0 saturated heterocycles. The van der Waals surface area contributed by atoms with Gasteiger partial charge in [-0.05, 0) is 72.6 Å². The SMILES string of the molecule is O=S(=O)(c1ccccc1)[C@@H]1[C@H]2C[C@@H]([C@H]3[C@H]2[C@H]2C=C[C@H]3C2)[C@H]1S(=O)(=O)c1ccccc1. The van der Waals surface area contributed by atoms with Crippen molar-refractivity contribution in [1.29, 1.82) is 0 Å². The third kappa shape index (κ3) is 2.38. The van der Waals surface area contributed by atoms with Crippen LogP contribution in [0.1, 0.15) is 12.8 Å². The summed E-state index contributed by atoms with van der Waals surface area (Å²) in [7, 11) is -7.54. The predicted octanol–water partition coefficient (Wildman–Crippen LogP) is 3.76. The number of allylic oxidation sites excluding steroid dienone is 2. The molecule has 4 aliphatic carbocycles. The number of fused-ring (bicyclic) bond motifs is 9.